The molecule has 1 unspecified atom stereocenters. The van der Waals surface area contributed by atoms with Crippen LogP contribution in [0.3, 0.4) is 0 Å². The third-order valence-corrected chi connectivity index (χ3v) is 8.93. The van der Waals surface area contributed by atoms with Crippen LogP contribution >= 0.6 is 7.82 Å². The minimum absolute atomic E-state index is 0.0325. The van der Waals surface area contributed by atoms with Gasteiger partial charge in [0.2, 0.25) is 0 Å². The Morgan fingerprint density at radius 2 is 1.00 bits per heavy atom. The Morgan fingerprint density at radius 3 is 1.44 bits per heavy atom. The van der Waals surface area contributed by atoms with Gasteiger partial charge < -0.3 is 29.1 Å². The summed E-state index contributed by atoms with van der Waals surface area (Å²) in [6, 6.07) is 0. The molecule has 10 heteroatoms. The van der Waals surface area contributed by atoms with Crippen LogP contribution in [0.1, 0.15) is 181 Å². The van der Waals surface area contributed by atoms with Crippen molar-refractivity contribution in [3.05, 3.63) is 0 Å². The summed E-state index contributed by atoms with van der Waals surface area (Å²) in [6.45, 7) is 4.15. The fourth-order valence-electron chi connectivity index (χ4n) is 5.12. The van der Waals surface area contributed by atoms with Crippen molar-refractivity contribution < 1.29 is 37.6 Å². The first-order valence-corrected chi connectivity index (χ1v) is 20.0. The largest absolute Gasteiger partial charge is 0.756 e. The number of unbranched alkanes of at least 4 members (excludes halogenated alkanes) is 21. The first-order chi connectivity index (χ1) is 21.8. The molecule has 0 aromatic carbocycles. The zero-order valence-corrected chi connectivity index (χ0v) is 30.0. The van der Waals surface area contributed by atoms with Gasteiger partial charge in [0.15, 0.2) is 6.10 Å². The molecule has 0 rings (SSSR count). The minimum atomic E-state index is -4.59. The molecule has 0 radical (unpaired) electrons. The topological polar surface area (TPSA) is 137 Å². The van der Waals surface area contributed by atoms with Crippen LogP contribution < -0.4 is 10.6 Å². The van der Waals surface area contributed by atoms with Crippen molar-refractivity contribution in [3.63, 3.8) is 0 Å². The molecule has 0 saturated carbocycles. The van der Waals surface area contributed by atoms with Gasteiger partial charge in [0.25, 0.3) is 7.82 Å². The molecule has 0 spiro atoms. The van der Waals surface area contributed by atoms with E-state index in [2.05, 4.69) is 13.8 Å². The molecular weight excluding hydrogens is 593 g/mol. The van der Waals surface area contributed by atoms with E-state index in [1.165, 1.54) is 103 Å². The highest BCUT2D eigenvalue weighted by molar-refractivity contribution is 7.45. The predicted octanol–water partition coefficient (Wildman–Crippen LogP) is 9.08. The van der Waals surface area contributed by atoms with Crippen LogP contribution in [0.15, 0.2) is 0 Å². The first-order valence-electron chi connectivity index (χ1n) is 18.5. The third-order valence-electron chi connectivity index (χ3n) is 7.96. The van der Waals surface area contributed by atoms with Crippen molar-refractivity contribution in [1.82, 2.24) is 0 Å². The maximum atomic E-state index is 12.5. The van der Waals surface area contributed by atoms with Gasteiger partial charge >= 0.3 is 11.9 Å². The van der Waals surface area contributed by atoms with Crippen LogP contribution in [0.2, 0.25) is 0 Å². The van der Waals surface area contributed by atoms with Gasteiger partial charge in [0.05, 0.1) is 13.2 Å². The van der Waals surface area contributed by atoms with Crippen molar-refractivity contribution in [3.8, 4) is 0 Å². The summed E-state index contributed by atoms with van der Waals surface area (Å²) in [4.78, 5) is 37.0. The monoisotopic (exact) mass is 662 g/mol. The van der Waals surface area contributed by atoms with Gasteiger partial charge in [-0.15, -0.1) is 0 Å². The van der Waals surface area contributed by atoms with Crippen molar-refractivity contribution >= 4 is 19.8 Å². The summed E-state index contributed by atoms with van der Waals surface area (Å²) in [5, 5.41) is 0. The number of nitrogens with two attached hydrogens (primary N) is 1. The van der Waals surface area contributed by atoms with Gasteiger partial charge in [-0.3, -0.25) is 14.2 Å². The zero-order chi connectivity index (χ0) is 33.3. The molecule has 0 aromatic heterocycles. The van der Waals surface area contributed by atoms with E-state index in [1.54, 1.807) is 0 Å². The molecule has 2 N–H and O–H groups in total. The fraction of sp³-hybridized carbons (Fsp3) is 0.943. The lowest BCUT2D eigenvalue weighted by atomic mass is 10.1. The SMILES string of the molecule is CCCCCCCCCCCCCC(=O)OC[C@@H](COP(=O)([O-])OCCCCN)OC(=O)CCCCCCCCCCCCC. The second kappa shape index (κ2) is 32.9. The van der Waals surface area contributed by atoms with Crippen LogP contribution in [0.25, 0.3) is 0 Å². The van der Waals surface area contributed by atoms with Gasteiger partial charge in [-0.05, 0) is 32.2 Å². The molecule has 0 bridgehead atoms. The van der Waals surface area contributed by atoms with Crippen LogP contribution in [-0.4, -0.2) is 44.4 Å². The van der Waals surface area contributed by atoms with Crippen LogP contribution in [0.5, 0.6) is 0 Å². The average molecular weight is 663 g/mol. The van der Waals surface area contributed by atoms with Crippen LogP contribution in [0.4, 0.5) is 0 Å². The van der Waals surface area contributed by atoms with Crippen molar-refractivity contribution in [1.29, 1.82) is 0 Å². The highest BCUT2D eigenvalue weighted by atomic mass is 31.2. The number of rotatable bonds is 35. The number of phosphoric ester groups is 1. The van der Waals surface area contributed by atoms with Crippen LogP contribution in [0, 0.1) is 0 Å². The second-order valence-electron chi connectivity index (χ2n) is 12.4. The maximum Gasteiger partial charge on any atom is 0.306 e. The number of carbonyl (C=O) groups excluding carboxylic acids is 2. The van der Waals surface area contributed by atoms with E-state index >= 15 is 0 Å². The second-order valence-corrected chi connectivity index (χ2v) is 13.8. The summed E-state index contributed by atoms with van der Waals surface area (Å²) in [7, 11) is -4.59. The van der Waals surface area contributed by atoms with Gasteiger partial charge in [-0.25, -0.2) is 0 Å². The Bertz CT molecular complexity index is 724. The van der Waals surface area contributed by atoms with Gasteiger partial charge in [-0.2, -0.15) is 0 Å². The number of hydrogen-bond acceptors (Lipinski definition) is 9. The molecular formula is C35H69NO8P-. The van der Waals surface area contributed by atoms with E-state index in [1.807, 2.05) is 0 Å². The molecule has 0 aliphatic rings. The van der Waals surface area contributed by atoms with E-state index in [0.717, 1.165) is 32.1 Å². The number of carbonyl (C=O) groups is 2. The fourth-order valence-corrected chi connectivity index (χ4v) is 5.90. The maximum absolute atomic E-state index is 12.5. The minimum Gasteiger partial charge on any atom is -0.756 e. The third kappa shape index (κ3) is 32.7. The van der Waals surface area contributed by atoms with Crippen molar-refractivity contribution in [2.24, 2.45) is 5.73 Å². The van der Waals surface area contributed by atoms with Crippen LogP contribution in [-0.2, 0) is 32.7 Å². The Labute approximate surface area is 276 Å². The molecule has 0 heterocycles. The predicted molar refractivity (Wildman–Crippen MR) is 181 cm³/mol. The first kappa shape index (κ1) is 44.0. The van der Waals surface area contributed by atoms with Gasteiger partial charge in [-0.1, -0.05) is 142 Å². The lowest BCUT2D eigenvalue weighted by Gasteiger charge is -2.25. The summed E-state index contributed by atoms with van der Waals surface area (Å²) in [5.74, 6) is -0.841. The van der Waals surface area contributed by atoms with Crippen molar-refractivity contribution in [2.45, 2.75) is 187 Å². The average Bonchev–Trinajstić information content (AvgIpc) is 3.02. The van der Waals surface area contributed by atoms with Crippen molar-refractivity contribution in [2.75, 3.05) is 26.4 Å². The number of hydrogen-bond donors (Lipinski definition) is 1. The van der Waals surface area contributed by atoms with Gasteiger partial charge in [0, 0.05) is 12.8 Å². The Kier molecular flexibility index (Phi) is 32.2. The molecule has 9 nitrogen and oxygen atoms in total. The Balaban J connectivity index is 4.35. The molecule has 0 aliphatic heterocycles. The quantitative estimate of drug-likeness (QED) is 0.0400. The van der Waals surface area contributed by atoms with E-state index in [-0.39, 0.29) is 32.0 Å². The van der Waals surface area contributed by atoms with E-state index < -0.39 is 26.5 Å². The Morgan fingerprint density at radius 1 is 0.578 bits per heavy atom. The van der Waals surface area contributed by atoms with E-state index in [4.69, 9.17) is 24.3 Å². The van der Waals surface area contributed by atoms with E-state index in [0.29, 0.717) is 25.8 Å². The Hall–Kier alpha value is -0.990. The molecule has 2 atom stereocenters. The lowest BCUT2D eigenvalue weighted by Crippen LogP contribution is -2.30. The molecule has 0 fully saturated rings. The molecule has 0 saturated heterocycles. The summed E-state index contributed by atoms with van der Waals surface area (Å²) < 4.78 is 32.8. The van der Waals surface area contributed by atoms with E-state index in [9.17, 15) is 19.0 Å². The molecule has 0 aliphatic carbocycles. The molecule has 0 amide bonds. The highest BCUT2D eigenvalue weighted by Crippen LogP contribution is 2.38. The normalized spacial score (nSPS) is 13.4. The summed E-state index contributed by atoms with van der Waals surface area (Å²) >= 11 is 0. The lowest BCUT2D eigenvalue weighted by molar-refractivity contribution is -0.228. The molecule has 45 heavy (non-hydrogen) atoms. The summed E-state index contributed by atoms with van der Waals surface area (Å²) in [5.41, 5.74) is 5.43. The molecule has 0 aromatic rings. The van der Waals surface area contributed by atoms with Gasteiger partial charge in [0.1, 0.15) is 6.61 Å². The standard InChI is InChI=1S/C35H70NO8P/c1-3-5-7-9-11-13-15-17-19-21-23-27-34(37)41-31-33(32-43-45(39,40)42-30-26-25-29-36)44-35(38)28-24-22-20-18-16-14-12-10-8-6-4-2/h33H,3-32,36H2,1-2H3,(H,39,40)/p-1/t33-/m0/s1. The number of phosphoric acid groups is 1. The highest BCUT2D eigenvalue weighted by Gasteiger charge is 2.21. The zero-order valence-electron chi connectivity index (χ0n) is 29.1. The number of ether oxygens (including phenoxy) is 2. The smallest absolute Gasteiger partial charge is 0.306 e. The summed E-state index contributed by atoms with van der Waals surface area (Å²) in [6.07, 6.45) is 26.6. The molecule has 268 valence electrons. The number of esters is 2.